The SMILES string of the molecule is CC(C)(C)C(=O)c1cc(N)c(F)cc1Cl. The van der Waals surface area contributed by atoms with Crippen molar-refractivity contribution in [1.82, 2.24) is 0 Å². The number of nitrogens with two attached hydrogens (primary N) is 1. The smallest absolute Gasteiger partial charge is 0.169 e. The average Bonchev–Trinajstić information content (AvgIpc) is 2.08. The van der Waals surface area contributed by atoms with Crippen LogP contribution in [0.15, 0.2) is 12.1 Å². The molecule has 4 heteroatoms. The van der Waals surface area contributed by atoms with Gasteiger partial charge in [-0.25, -0.2) is 4.39 Å². The zero-order valence-electron chi connectivity index (χ0n) is 8.90. The largest absolute Gasteiger partial charge is 0.396 e. The number of benzene rings is 1. The number of nitrogen functional groups attached to an aromatic ring is 1. The molecule has 0 spiro atoms. The molecular formula is C11H13ClFNO. The number of rotatable bonds is 1. The van der Waals surface area contributed by atoms with E-state index in [9.17, 15) is 9.18 Å². The van der Waals surface area contributed by atoms with Gasteiger partial charge in [0.2, 0.25) is 0 Å². The summed E-state index contributed by atoms with van der Waals surface area (Å²) in [5, 5.41) is 0.0987. The van der Waals surface area contributed by atoms with E-state index in [1.165, 1.54) is 6.07 Å². The highest BCUT2D eigenvalue weighted by atomic mass is 35.5. The molecule has 15 heavy (non-hydrogen) atoms. The summed E-state index contributed by atoms with van der Waals surface area (Å²) < 4.78 is 13.0. The van der Waals surface area contributed by atoms with Crippen molar-refractivity contribution in [2.45, 2.75) is 20.8 Å². The lowest BCUT2D eigenvalue weighted by atomic mass is 9.86. The maximum absolute atomic E-state index is 13.0. The number of ketones is 1. The quantitative estimate of drug-likeness (QED) is 0.593. The van der Waals surface area contributed by atoms with Gasteiger partial charge in [0.15, 0.2) is 5.78 Å². The monoisotopic (exact) mass is 229 g/mol. The average molecular weight is 230 g/mol. The number of hydrogen-bond acceptors (Lipinski definition) is 2. The lowest BCUT2D eigenvalue weighted by Crippen LogP contribution is -2.20. The summed E-state index contributed by atoms with van der Waals surface area (Å²) in [5.74, 6) is -0.760. The van der Waals surface area contributed by atoms with E-state index in [2.05, 4.69) is 0 Å². The molecule has 0 bridgehead atoms. The first-order valence-corrected chi connectivity index (χ1v) is 4.90. The van der Waals surface area contributed by atoms with Crippen molar-refractivity contribution in [2.75, 3.05) is 5.73 Å². The van der Waals surface area contributed by atoms with Crippen LogP contribution in [0.25, 0.3) is 0 Å². The minimum absolute atomic E-state index is 0.0630. The van der Waals surface area contributed by atoms with Gasteiger partial charge < -0.3 is 5.73 Å². The van der Waals surface area contributed by atoms with E-state index in [1.807, 2.05) is 0 Å². The minimum atomic E-state index is -0.606. The summed E-state index contributed by atoms with van der Waals surface area (Å²) in [5.41, 5.74) is 5.03. The summed E-state index contributed by atoms with van der Waals surface area (Å²) in [6.45, 7) is 5.31. The lowest BCUT2D eigenvalue weighted by Gasteiger charge is -2.17. The predicted molar refractivity (Wildman–Crippen MR) is 59.6 cm³/mol. The summed E-state index contributed by atoms with van der Waals surface area (Å²) in [6, 6.07) is 2.35. The van der Waals surface area contributed by atoms with Gasteiger partial charge in [-0.05, 0) is 12.1 Å². The zero-order chi connectivity index (χ0) is 11.8. The van der Waals surface area contributed by atoms with Crippen molar-refractivity contribution < 1.29 is 9.18 Å². The first kappa shape index (κ1) is 12.0. The van der Waals surface area contributed by atoms with Crippen LogP contribution in [-0.4, -0.2) is 5.78 Å². The van der Waals surface area contributed by atoms with E-state index in [1.54, 1.807) is 20.8 Å². The Hall–Kier alpha value is -1.09. The predicted octanol–water partition coefficient (Wildman–Crippen LogP) is 3.29. The molecule has 0 aromatic heterocycles. The van der Waals surface area contributed by atoms with Gasteiger partial charge in [-0.2, -0.15) is 0 Å². The first-order chi connectivity index (χ1) is 6.73. The molecule has 2 nitrogen and oxygen atoms in total. The third-order valence-electron chi connectivity index (χ3n) is 2.01. The Bertz CT molecular complexity index is 410. The molecule has 1 rings (SSSR count). The first-order valence-electron chi connectivity index (χ1n) is 4.53. The molecule has 0 amide bonds. The molecule has 82 valence electrons. The van der Waals surface area contributed by atoms with Gasteiger partial charge in [-0.3, -0.25) is 4.79 Å². The summed E-state index contributed by atoms with van der Waals surface area (Å²) in [6.07, 6.45) is 0. The van der Waals surface area contributed by atoms with Crippen molar-refractivity contribution in [1.29, 1.82) is 0 Å². The second kappa shape index (κ2) is 3.81. The summed E-state index contributed by atoms with van der Waals surface area (Å²) in [7, 11) is 0. The number of anilines is 1. The number of carbonyl (C=O) groups excluding carboxylic acids is 1. The van der Waals surface area contributed by atoms with Crippen LogP contribution in [0.3, 0.4) is 0 Å². The van der Waals surface area contributed by atoms with Gasteiger partial charge >= 0.3 is 0 Å². The van der Waals surface area contributed by atoms with Crippen LogP contribution in [0, 0.1) is 11.2 Å². The van der Waals surface area contributed by atoms with Crippen LogP contribution in [0.4, 0.5) is 10.1 Å². The van der Waals surface area contributed by atoms with Gasteiger partial charge in [0.25, 0.3) is 0 Å². The van der Waals surface area contributed by atoms with E-state index in [0.29, 0.717) is 0 Å². The zero-order valence-corrected chi connectivity index (χ0v) is 9.65. The third-order valence-corrected chi connectivity index (χ3v) is 2.32. The molecule has 0 fully saturated rings. The Balaban J connectivity index is 3.28. The van der Waals surface area contributed by atoms with Crippen molar-refractivity contribution in [3.63, 3.8) is 0 Å². The Morgan fingerprint density at radius 2 is 1.93 bits per heavy atom. The second-order valence-corrected chi connectivity index (χ2v) is 4.84. The number of carbonyl (C=O) groups is 1. The third kappa shape index (κ3) is 2.48. The molecule has 0 aliphatic carbocycles. The molecule has 0 radical (unpaired) electrons. The molecule has 0 aliphatic rings. The topological polar surface area (TPSA) is 43.1 Å². The number of Topliss-reactive ketones (excluding diaryl/α,β-unsaturated/α-hetero) is 1. The maximum Gasteiger partial charge on any atom is 0.169 e. The second-order valence-electron chi connectivity index (χ2n) is 4.43. The lowest BCUT2D eigenvalue weighted by molar-refractivity contribution is 0.0858. The Kier molecular flexibility index (Phi) is 3.05. The van der Waals surface area contributed by atoms with Crippen molar-refractivity contribution in [3.8, 4) is 0 Å². The molecule has 0 heterocycles. The molecule has 0 aliphatic heterocycles. The van der Waals surface area contributed by atoms with Gasteiger partial charge in [0.1, 0.15) is 5.82 Å². The minimum Gasteiger partial charge on any atom is -0.396 e. The van der Waals surface area contributed by atoms with Crippen LogP contribution in [0.1, 0.15) is 31.1 Å². The highest BCUT2D eigenvalue weighted by molar-refractivity contribution is 6.34. The van der Waals surface area contributed by atoms with Crippen LogP contribution in [0.5, 0.6) is 0 Å². The molecule has 2 N–H and O–H groups in total. The van der Waals surface area contributed by atoms with E-state index in [-0.39, 0.29) is 22.1 Å². The van der Waals surface area contributed by atoms with E-state index < -0.39 is 11.2 Å². The van der Waals surface area contributed by atoms with Crippen molar-refractivity contribution in [2.24, 2.45) is 5.41 Å². The van der Waals surface area contributed by atoms with E-state index in [0.717, 1.165) is 6.07 Å². The van der Waals surface area contributed by atoms with Crippen molar-refractivity contribution in [3.05, 3.63) is 28.5 Å². The normalized spacial score (nSPS) is 11.5. The highest BCUT2D eigenvalue weighted by Gasteiger charge is 2.25. The molecule has 0 atom stereocenters. The van der Waals surface area contributed by atoms with E-state index >= 15 is 0 Å². The Morgan fingerprint density at radius 3 is 2.40 bits per heavy atom. The number of hydrogen-bond donors (Lipinski definition) is 1. The van der Waals surface area contributed by atoms with Crippen LogP contribution < -0.4 is 5.73 Å². The van der Waals surface area contributed by atoms with E-state index in [4.69, 9.17) is 17.3 Å². The van der Waals surface area contributed by atoms with Crippen LogP contribution >= 0.6 is 11.6 Å². The fourth-order valence-electron chi connectivity index (χ4n) is 1.14. The van der Waals surface area contributed by atoms with Gasteiger partial charge in [-0.1, -0.05) is 32.4 Å². The molecule has 1 aromatic rings. The summed E-state index contributed by atoms with van der Waals surface area (Å²) >= 11 is 5.79. The maximum atomic E-state index is 13.0. The molecule has 0 saturated heterocycles. The molecule has 0 saturated carbocycles. The van der Waals surface area contributed by atoms with Gasteiger partial charge in [0.05, 0.1) is 10.7 Å². The Morgan fingerprint density at radius 1 is 1.40 bits per heavy atom. The highest BCUT2D eigenvalue weighted by Crippen LogP contribution is 2.28. The molecule has 1 aromatic carbocycles. The molecular weight excluding hydrogens is 217 g/mol. The fourth-order valence-corrected chi connectivity index (χ4v) is 1.38. The van der Waals surface area contributed by atoms with Gasteiger partial charge in [-0.15, -0.1) is 0 Å². The van der Waals surface area contributed by atoms with Crippen LogP contribution in [0.2, 0.25) is 5.02 Å². The standard InChI is InChI=1S/C11H13ClFNO/c1-11(2,3)10(15)6-4-9(14)8(13)5-7(6)12/h4-5H,14H2,1-3H3. The molecule has 0 unspecified atom stereocenters. The van der Waals surface area contributed by atoms with Crippen LogP contribution in [-0.2, 0) is 0 Å². The number of halogens is 2. The summed E-state index contributed by atoms with van der Waals surface area (Å²) in [4.78, 5) is 11.9. The van der Waals surface area contributed by atoms with Gasteiger partial charge in [0, 0.05) is 11.0 Å². The van der Waals surface area contributed by atoms with Crippen molar-refractivity contribution >= 4 is 23.1 Å². The fraction of sp³-hybridized carbons (Fsp3) is 0.364. The Labute approximate surface area is 93.2 Å².